The Balaban J connectivity index is 0.000000845. The number of tetrazole rings is 1. The maximum Gasteiger partial charge on any atom is 0.204 e. The molecular weight excluding hydrogens is 183 g/mol. The van der Waals surface area contributed by atoms with Crippen molar-refractivity contribution in [3.63, 3.8) is 0 Å². The molecule has 2 radical (unpaired) electrons. The molecule has 6 nitrogen and oxygen atoms in total. The van der Waals surface area contributed by atoms with Crippen molar-refractivity contribution in [1.29, 1.82) is 0 Å². The Hall–Kier alpha value is -1.73. The van der Waals surface area contributed by atoms with Crippen LogP contribution in [0.5, 0.6) is 0 Å². The second kappa shape index (κ2) is 5.10. The Labute approximate surface area is 81.4 Å². The normalized spacial score (nSPS) is 8.57. The van der Waals surface area contributed by atoms with Crippen LogP contribution in [-0.4, -0.2) is 39.4 Å². The van der Waals surface area contributed by atoms with Crippen LogP contribution in [0.3, 0.4) is 0 Å². The minimum Gasteiger partial charge on any atom is -0.412 e. The number of aromatic nitrogens is 4. The molecule has 2 rings (SSSR count). The van der Waals surface area contributed by atoms with E-state index in [9.17, 15) is 0 Å². The van der Waals surface area contributed by atoms with Crippen LogP contribution in [0.15, 0.2) is 24.3 Å². The number of hydrogen-bond donors (Lipinski definition) is 1. The first-order valence-corrected chi connectivity index (χ1v) is 3.45. The summed E-state index contributed by atoms with van der Waals surface area (Å²) in [6.07, 6.45) is 0. The van der Waals surface area contributed by atoms with Gasteiger partial charge in [-0.3, -0.25) is 0 Å². The van der Waals surface area contributed by atoms with Crippen LogP contribution in [0.2, 0.25) is 0 Å². The first kappa shape index (κ1) is 12.3. The molecule has 1 aromatic carbocycles. The highest BCUT2D eigenvalue weighted by Gasteiger charge is 1.99. The molecule has 0 fully saturated rings. The van der Waals surface area contributed by atoms with E-state index in [0.29, 0.717) is 5.82 Å². The highest BCUT2D eigenvalue weighted by Crippen LogP contribution is 2.09. The van der Waals surface area contributed by atoms with Crippen molar-refractivity contribution < 1.29 is 11.0 Å². The SMILES string of the molecule is O.O.[B]c1ccc(-c2nn[nH]n2)cc1. The Morgan fingerprint density at radius 2 is 1.71 bits per heavy atom. The molecule has 1 heterocycles. The third kappa shape index (κ3) is 2.38. The minimum atomic E-state index is 0. The standard InChI is InChI=1S/C7H5BN4.2H2O/c8-6-3-1-5(2-4-6)7-9-11-12-10-7;;/h1-4H,(H,9,10,11,12);2*1H2. The summed E-state index contributed by atoms with van der Waals surface area (Å²) in [6, 6.07) is 7.29. The van der Waals surface area contributed by atoms with E-state index in [0.717, 1.165) is 11.0 Å². The highest BCUT2D eigenvalue weighted by molar-refractivity contribution is 6.32. The number of nitrogens with zero attached hydrogens (tertiary/aromatic N) is 3. The molecule has 0 saturated carbocycles. The Bertz CT molecular complexity index is 362. The van der Waals surface area contributed by atoms with Crippen molar-refractivity contribution in [2.45, 2.75) is 0 Å². The molecule has 0 bridgehead atoms. The van der Waals surface area contributed by atoms with Crippen molar-refractivity contribution in [2.75, 3.05) is 0 Å². The molecule has 0 spiro atoms. The molecule has 0 atom stereocenters. The molecule has 0 unspecified atom stereocenters. The largest absolute Gasteiger partial charge is 0.412 e. The van der Waals surface area contributed by atoms with Crippen LogP contribution in [0, 0.1) is 0 Å². The zero-order valence-corrected chi connectivity index (χ0v) is 7.23. The lowest BCUT2D eigenvalue weighted by molar-refractivity contribution is 0.823. The zero-order chi connectivity index (χ0) is 8.39. The summed E-state index contributed by atoms with van der Waals surface area (Å²) in [6.45, 7) is 0. The van der Waals surface area contributed by atoms with Gasteiger partial charge in [0.15, 0.2) is 0 Å². The molecule has 0 aliphatic carbocycles. The average Bonchev–Trinajstić information content (AvgIpc) is 2.58. The Morgan fingerprint density at radius 3 is 2.21 bits per heavy atom. The summed E-state index contributed by atoms with van der Waals surface area (Å²) >= 11 is 0. The smallest absolute Gasteiger partial charge is 0.204 e. The molecule has 1 aromatic heterocycles. The van der Waals surface area contributed by atoms with Gasteiger partial charge in [0.1, 0.15) is 7.85 Å². The van der Waals surface area contributed by atoms with Crippen LogP contribution in [0.4, 0.5) is 0 Å². The number of rotatable bonds is 1. The maximum absolute atomic E-state index is 5.52. The molecule has 72 valence electrons. The van der Waals surface area contributed by atoms with Gasteiger partial charge in [0, 0.05) is 5.56 Å². The van der Waals surface area contributed by atoms with E-state index < -0.39 is 0 Å². The molecule has 0 aliphatic rings. The second-order valence-corrected chi connectivity index (χ2v) is 2.36. The summed E-state index contributed by atoms with van der Waals surface area (Å²) in [5, 5.41) is 13.5. The Kier molecular flexibility index (Phi) is 4.47. The van der Waals surface area contributed by atoms with E-state index in [1.807, 2.05) is 12.1 Å². The van der Waals surface area contributed by atoms with Gasteiger partial charge in [0.25, 0.3) is 0 Å². The van der Waals surface area contributed by atoms with Gasteiger partial charge < -0.3 is 11.0 Å². The predicted octanol–water partition coefficient (Wildman–Crippen LogP) is -1.99. The minimum absolute atomic E-state index is 0. The van der Waals surface area contributed by atoms with Crippen molar-refractivity contribution >= 4 is 13.3 Å². The van der Waals surface area contributed by atoms with Gasteiger partial charge in [0.05, 0.1) is 0 Å². The first-order valence-electron chi connectivity index (χ1n) is 3.45. The highest BCUT2D eigenvalue weighted by atomic mass is 16.0. The summed E-state index contributed by atoms with van der Waals surface area (Å²) in [4.78, 5) is 0. The first-order chi connectivity index (χ1) is 5.86. The van der Waals surface area contributed by atoms with Gasteiger partial charge in [-0.1, -0.05) is 29.7 Å². The summed E-state index contributed by atoms with van der Waals surface area (Å²) in [5.74, 6) is 0.579. The lowest BCUT2D eigenvalue weighted by Gasteiger charge is -1.93. The van der Waals surface area contributed by atoms with Gasteiger partial charge in [-0.2, -0.15) is 5.21 Å². The molecule has 14 heavy (non-hydrogen) atoms. The number of aromatic amines is 1. The molecular formula is C7H9BN4O2. The van der Waals surface area contributed by atoms with Crippen molar-refractivity contribution in [3.8, 4) is 11.4 Å². The number of benzene rings is 1. The number of H-pyrrole nitrogens is 1. The van der Waals surface area contributed by atoms with Crippen molar-refractivity contribution in [2.24, 2.45) is 0 Å². The van der Waals surface area contributed by atoms with Crippen LogP contribution in [-0.2, 0) is 0 Å². The summed E-state index contributed by atoms with van der Waals surface area (Å²) in [5.41, 5.74) is 1.63. The van der Waals surface area contributed by atoms with Gasteiger partial charge in [-0.25, -0.2) is 0 Å². The number of nitrogens with one attached hydrogen (secondary N) is 1. The lowest BCUT2D eigenvalue weighted by Crippen LogP contribution is -1.99. The third-order valence-corrected chi connectivity index (χ3v) is 1.51. The monoisotopic (exact) mass is 192 g/mol. The van der Waals surface area contributed by atoms with E-state index in [4.69, 9.17) is 7.85 Å². The predicted molar refractivity (Wildman–Crippen MR) is 52.2 cm³/mol. The molecule has 0 saturated heterocycles. The lowest BCUT2D eigenvalue weighted by atomic mass is 9.95. The summed E-state index contributed by atoms with van der Waals surface area (Å²) in [7, 11) is 5.52. The van der Waals surface area contributed by atoms with Crippen LogP contribution >= 0.6 is 0 Å². The number of hydrogen-bond acceptors (Lipinski definition) is 3. The van der Waals surface area contributed by atoms with Gasteiger partial charge >= 0.3 is 0 Å². The van der Waals surface area contributed by atoms with Crippen LogP contribution in [0.1, 0.15) is 0 Å². The molecule has 5 N–H and O–H groups in total. The maximum atomic E-state index is 5.52. The van der Waals surface area contributed by atoms with Crippen LogP contribution < -0.4 is 5.46 Å². The van der Waals surface area contributed by atoms with Gasteiger partial charge in [0.2, 0.25) is 5.82 Å². The van der Waals surface area contributed by atoms with Crippen molar-refractivity contribution in [1.82, 2.24) is 20.6 Å². The molecule has 0 aliphatic heterocycles. The van der Waals surface area contributed by atoms with E-state index in [2.05, 4.69) is 20.6 Å². The van der Waals surface area contributed by atoms with E-state index in [1.54, 1.807) is 12.1 Å². The fourth-order valence-electron chi connectivity index (χ4n) is 0.916. The van der Waals surface area contributed by atoms with Crippen LogP contribution in [0.25, 0.3) is 11.4 Å². The zero-order valence-electron chi connectivity index (χ0n) is 7.23. The molecule has 7 heteroatoms. The third-order valence-electron chi connectivity index (χ3n) is 1.51. The molecule has 2 aromatic rings. The second-order valence-electron chi connectivity index (χ2n) is 2.36. The van der Waals surface area contributed by atoms with E-state index >= 15 is 0 Å². The summed E-state index contributed by atoms with van der Waals surface area (Å²) < 4.78 is 0. The van der Waals surface area contributed by atoms with Crippen molar-refractivity contribution in [3.05, 3.63) is 24.3 Å². The average molecular weight is 192 g/mol. The Morgan fingerprint density at radius 1 is 1.07 bits per heavy atom. The van der Waals surface area contributed by atoms with Gasteiger partial charge in [-0.15, -0.1) is 10.2 Å². The quantitative estimate of drug-likeness (QED) is 0.526. The van der Waals surface area contributed by atoms with E-state index in [-0.39, 0.29) is 11.0 Å². The molecule has 0 amide bonds. The fraction of sp³-hybridized carbons (Fsp3) is 0. The fourth-order valence-corrected chi connectivity index (χ4v) is 0.916. The van der Waals surface area contributed by atoms with Gasteiger partial charge in [-0.05, 0) is 5.21 Å². The topological polar surface area (TPSA) is 117 Å². The van der Waals surface area contributed by atoms with E-state index in [1.165, 1.54) is 0 Å².